The Morgan fingerprint density at radius 2 is 1.73 bits per heavy atom. The van der Waals surface area contributed by atoms with E-state index in [0.29, 0.717) is 5.69 Å². The quantitative estimate of drug-likeness (QED) is 0.370. The Morgan fingerprint density at radius 3 is 2.36 bits per heavy atom. The normalized spacial score (nSPS) is 11.1. The zero-order valence-electron chi connectivity index (χ0n) is 17.8. The summed E-state index contributed by atoms with van der Waals surface area (Å²) in [5, 5.41) is 8.53. The number of benzene rings is 2. The lowest BCUT2D eigenvalue weighted by molar-refractivity contribution is 0.0959. The molecule has 0 aliphatic heterocycles. The van der Waals surface area contributed by atoms with Gasteiger partial charge in [0.2, 0.25) is 0 Å². The van der Waals surface area contributed by atoms with Gasteiger partial charge in [0.1, 0.15) is 29.5 Å². The second kappa shape index (κ2) is 11.5. The highest BCUT2D eigenvalue weighted by atomic mass is 19.1. The van der Waals surface area contributed by atoms with Crippen molar-refractivity contribution in [1.82, 2.24) is 10.3 Å². The summed E-state index contributed by atoms with van der Waals surface area (Å²) in [4.78, 5) is 33.7. The number of aromatic nitrogens is 1. The number of nitrogens with zero attached hydrogens (tertiary/aromatic N) is 2. The molecule has 3 amide bonds. The van der Waals surface area contributed by atoms with Crippen LogP contribution in [0.5, 0.6) is 0 Å². The number of oxime groups is 1. The Labute approximate surface area is 189 Å². The highest BCUT2D eigenvalue weighted by molar-refractivity contribution is 6.08. The molecule has 9 heteroatoms. The van der Waals surface area contributed by atoms with Gasteiger partial charge < -0.3 is 10.2 Å². The highest BCUT2D eigenvalue weighted by Gasteiger charge is 2.19. The summed E-state index contributed by atoms with van der Waals surface area (Å²) in [6.45, 7) is 2.25. The van der Waals surface area contributed by atoms with E-state index >= 15 is 0 Å². The molecular formula is C24H22F2N4O3. The SMILES string of the molecule is CCCC(=NOCc1ccc(NC(=O)NC(=O)c2c(F)cccc2F)cc1)c1ccccn1. The van der Waals surface area contributed by atoms with Gasteiger partial charge in [0, 0.05) is 11.9 Å². The summed E-state index contributed by atoms with van der Waals surface area (Å²) >= 11 is 0. The van der Waals surface area contributed by atoms with Gasteiger partial charge in [-0.3, -0.25) is 15.1 Å². The van der Waals surface area contributed by atoms with Crippen LogP contribution in [-0.2, 0) is 11.4 Å². The Balaban J connectivity index is 1.54. The molecule has 0 fully saturated rings. The number of anilines is 1. The maximum Gasteiger partial charge on any atom is 0.326 e. The van der Waals surface area contributed by atoms with Crippen molar-refractivity contribution >= 4 is 23.3 Å². The highest BCUT2D eigenvalue weighted by Crippen LogP contribution is 2.13. The summed E-state index contributed by atoms with van der Waals surface area (Å²) in [5.41, 5.74) is 1.86. The third kappa shape index (κ3) is 6.67. The summed E-state index contributed by atoms with van der Waals surface area (Å²) in [5.74, 6) is -3.29. The topological polar surface area (TPSA) is 92.7 Å². The van der Waals surface area contributed by atoms with Crippen LogP contribution in [0.3, 0.4) is 0 Å². The number of carbonyl (C=O) groups excluding carboxylic acids is 2. The Morgan fingerprint density at radius 1 is 1.00 bits per heavy atom. The third-order valence-electron chi connectivity index (χ3n) is 4.48. The number of carbonyl (C=O) groups is 2. The van der Waals surface area contributed by atoms with Gasteiger partial charge in [-0.15, -0.1) is 0 Å². The van der Waals surface area contributed by atoms with Crippen LogP contribution < -0.4 is 10.6 Å². The molecule has 1 heterocycles. The monoisotopic (exact) mass is 452 g/mol. The van der Waals surface area contributed by atoms with E-state index in [4.69, 9.17) is 4.84 Å². The standard InChI is InChI=1S/C24H22F2N4O3/c1-2-6-21(20-9-3-4-14-27-20)30-33-15-16-10-12-17(13-11-16)28-24(32)29-23(31)22-18(25)7-5-8-19(22)26/h3-5,7-14H,2,6,15H2,1H3,(H2,28,29,31,32). The number of hydrogen-bond acceptors (Lipinski definition) is 5. The summed E-state index contributed by atoms with van der Waals surface area (Å²) < 4.78 is 27.3. The van der Waals surface area contributed by atoms with Gasteiger partial charge in [-0.05, 0) is 48.4 Å². The Bertz CT molecular complexity index is 1120. The molecule has 0 atom stereocenters. The first-order valence-electron chi connectivity index (χ1n) is 10.2. The number of pyridine rings is 1. The fourth-order valence-electron chi connectivity index (χ4n) is 2.90. The van der Waals surface area contributed by atoms with E-state index in [1.807, 2.05) is 30.4 Å². The van der Waals surface area contributed by atoms with Gasteiger partial charge in [-0.1, -0.05) is 42.8 Å². The molecule has 2 aromatic carbocycles. The predicted molar refractivity (Wildman–Crippen MR) is 120 cm³/mol. The number of urea groups is 1. The minimum atomic E-state index is -1.18. The van der Waals surface area contributed by atoms with Crippen molar-refractivity contribution in [2.75, 3.05) is 5.32 Å². The van der Waals surface area contributed by atoms with Gasteiger partial charge in [-0.25, -0.2) is 13.6 Å². The van der Waals surface area contributed by atoms with E-state index in [9.17, 15) is 18.4 Å². The second-order valence-electron chi connectivity index (χ2n) is 6.98. The fourth-order valence-corrected chi connectivity index (χ4v) is 2.90. The molecule has 0 bridgehead atoms. The molecule has 170 valence electrons. The van der Waals surface area contributed by atoms with Crippen LogP contribution in [0.15, 0.2) is 72.0 Å². The zero-order chi connectivity index (χ0) is 23.6. The summed E-state index contributed by atoms with van der Waals surface area (Å²) in [6.07, 6.45) is 3.32. The van der Waals surface area contributed by atoms with E-state index < -0.39 is 29.1 Å². The minimum Gasteiger partial charge on any atom is -0.391 e. The smallest absolute Gasteiger partial charge is 0.326 e. The van der Waals surface area contributed by atoms with Gasteiger partial charge in [0.05, 0.1) is 5.69 Å². The van der Waals surface area contributed by atoms with E-state index in [0.717, 1.165) is 48.0 Å². The number of imide groups is 1. The number of nitrogens with one attached hydrogen (secondary N) is 2. The molecular weight excluding hydrogens is 430 g/mol. The van der Waals surface area contributed by atoms with Gasteiger partial charge in [0.25, 0.3) is 5.91 Å². The van der Waals surface area contributed by atoms with Crippen LogP contribution in [0.25, 0.3) is 0 Å². The Hall–Kier alpha value is -4.14. The number of amides is 3. The van der Waals surface area contributed by atoms with E-state index in [1.165, 1.54) is 0 Å². The zero-order valence-corrected chi connectivity index (χ0v) is 17.8. The maximum absolute atomic E-state index is 13.7. The molecule has 2 N–H and O–H groups in total. The molecule has 0 spiro atoms. The van der Waals surface area contributed by atoms with Crippen molar-refractivity contribution < 1.29 is 23.2 Å². The first kappa shape index (κ1) is 23.5. The first-order chi connectivity index (χ1) is 16.0. The van der Waals surface area contributed by atoms with Crippen molar-refractivity contribution in [3.8, 4) is 0 Å². The molecule has 0 saturated heterocycles. The number of hydrogen-bond donors (Lipinski definition) is 2. The minimum absolute atomic E-state index is 0.206. The van der Waals surface area contributed by atoms with Crippen molar-refractivity contribution in [3.63, 3.8) is 0 Å². The third-order valence-corrected chi connectivity index (χ3v) is 4.48. The van der Waals surface area contributed by atoms with Crippen LogP contribution in [0.1, 0.15) is 41.4 Å². The molecule has 33 heavy (non-hydrogen) atoms. The van der Waals surface area contributed by atoms with Gasteiger partial charge in [0.15, 0.2) is 0 Å². The first-order valence-corrected chi connectivity index (χ1v) is 10.2. The van der Waals surface area contributed by atoms with Gasteiger partial charge >= 0.3 is 6.03 Å². The molecule has 0 unspecified atom stereocenters. The molecule has 1 aromatic heterocycles. The van der Waals surface area contributed by atoms with Crippen LogP contribution >= 0.6 is 0 Å². The largest absolute Gasteiger partial charge is 0.391 e. The average Bonchev–Trinajstić information content (AvgIpc) is 2.80. The Kier molecular flexibility index (Phi) is 8.18. The van der Waals surface area contributed by atoms with Crippen LogP contribution in [0.4, 0.5) is 19.3 Å². The van der Waals surface area contributed by atoms with E-state index in [2.05, 4.69) is 15.5 Å². The molecule has 0 aliphatic rings. The van der Waals surface area contributed by atoms with Gasteiger partial charge in [-0.2, -0.15) is 0 Å². The second-order valence-corrected chi connectivity index (χ2v) is 6.98. The molecule has 0 radical (unpaired) electrons. The van der Waals surface area contributed by atoms with Crippen molar-refractivity contribution in [1.29, 1.82) is 0 Å². The lowest BCUT2D eigenvalue weighted by atomic mass is 10.1. The van der Waals surface area contributed by atoms with E-state index in [1.54, 1.807) is 30.5 Å². The number of rotatable bonds is 8. The average molecular weight is 452 g/mol. The molecule has 3 rings (SSSR count). The predicted octanol–water partition coefficient (Wildman–Crippen LogP) is 5.04. The van der Waals surface area contributed by atoms with Crippen LogP contribution in [0.2, 0.25) is 0 Å². The molecule has 0 aliphatic carbocycles. The van der Waals surface area contributed by atoms with Crippen molar-refractivity contribution in [2.24, 2.45) is 5.16 Å². The molecule has 0 saturated carbocycles. The maximum atomic E-state index is 13.7. The number of halogens is 2. The van der Waals surface area contributed by atoms with Crippen LogP contribution in [-0.4, -0.2) is 22.6 Å². The fraction of sp³-hybridized carbons (Fsp3) is 0.167. The lowest BCUT2D eigenvalue weighted by Gasteiger charge is -2.09. The molecule has 7 nitrogen and oxygen atoms in total. The summed E-state index contributed by atoms with van der Waals surface area (Å²) in [6, 6.07) is 14.3. The van der Waals surface area contributed by atoms with Crippen molar-refractivity contribution in [3.05, 3.63) is 95.3 Å². The summed E-state index contributed by atoms with van der Waals surface area (Å²) in [7, 11) is 0. The lowest BCUT2D eigenvalue weighted by Crippen LogP contribution is -2.35. The van der Waals surface area contributed by atoms with Crippen molar-refractivity contribution in [2.45, 2.75) is 26.4 Å². The molecule has 3 aromatic rings. The van der Waals surface area contributed by atoms with E-state index in [-0.39, 0.29) is 6.61 Å². The van der Waals surface area contributed by atoms with Crippen LogP contribution in [0, 0.1) is 11.6 Å².